The van der Waals surface area contributed by atoms with Gasteiger partial charge in [0.2, 0.25) is 0 Å². The summed E-state index contributed by atoms with van der Waals surface area (Å²) in [5.41, 5.74) is 17.3. The van der Waals surface area contributed by atoms with Gasteiger partial charge in [0.1, 0.15) is 11.0 Å². The first-order valence-electron chi connectivity index (χ1n) is 3.21. The van der Waals surface area contributed by atoms with Crippen molar-refractivity contribution >= 4 is 28.6 Å². The zero-order valence-corrected chi connectivity index (χ0v) is 6.07. The van der Waals surface area contributed by atoms with Gasteiger partial charge in [-0.15, -0.1) is 10.2 Å². The second-order valence-electron chi connectivity index (χ2n) is 2.32. The lowest BCUT2D eigenvalue weighted by molar-refractivity contribution is 1.07. The fourth-order valence-corrected chi connectivity index (χ4v) is 0.967. The van der Waals surface area contributed by atoms with E-state index < -0.39 is 0 Å². The van der Waals surface area contributed by atoms with Crippen LogP contribution in [0.1, 0.15) is 0 Å². The molecule has 0 saturated heterocycles. The number of fused-ring (bicyclic) bond motifs is 1. The van der Waals surface area contributed by atoms with Gasteiger partial charge in [-0.25, -0.2) is 4.98 Å². The molecule has 2 aromatic rings. The van der Waals surface area contributed by atoms with Crippen LogP contribution < -0.4 is 17.2 Å². The van der Waals surface area contributed by atoms with Crippen LogP contribution in [0.3, 0.4) is 0 Å². The van der Waals surface area contributed by atoms with E-state index in [-0.39, 0.29) is 17.6 Å². The summed E-state index contributed by atoms with van der Waals surface area (Å²) in [6, 6.07) is 0. The minimum Gasteiger partial charge on any atom is -0.380 e. The number of hydrogen-bond acceptors (Lipinski definition) is 6. The summed E-state index contributed by atoms with van der Waals surface area (Å²) in [7, 11) is 0. The van der Waals surface area contributed by atoms with E-state index in [1.807, 2.05) is 0 Å². The molecule has 12 heavy (non-hydrogen) atoms. The lowest BCUT2D eigenvalue weighted by Crippen LogP contribution is -1.99. The molecular weight excluding hydrogens is 158 g/mol. The zero-order chi connectivity index (χ0) is 8.72. The number of nitrogen functional groups attached to an aromatic ring is 3. The van der Waals surface area contributed by atoms with Gasteiger partial charge in [-0.05, 0) is 0 Å². The lowest BCUT2D eigenvalue weighted by Gasteiger charge is -1.93. The average Bonchev–Trinajstić information content (AvgIpc) is 2.41. The topological polar surface area (TPSA) is 133 Å². The number of rotatable bonds is 0. The van der Waals surface area contributed by atoms with Crippen LogP contribution in [0.5, 0.6) is 0 Å². The highest BCUT2D eigenvalue weighted by molar-refractivity contribution is 5.92. The van der Waals surface area contributed by atoms with E-state index in [1.165, 1.54) is 0 Å². The van der Waals surface area contributed by atoms with E-state index in [0.717, 1.165) is 0 Å². The van der Waals surface area contributed by atoms with Crippen LogP contribution in [0.15, 0.2) is 0 Å². The van der Waals surface area contributed by atoms with E-state index in [9.17, 15) is 0 Å². The van der Waals surface area contributed by atoms with Gasteiger partial charge in [0.05, 0.1) is 0 Å². The lowest BCUT2D eigenvalue weighted by atomic mass is 10.4. The maximum atomic E-state index is 5.48. The van der Waals surface area contributed by atoms with E-state index in [0.29, 0.717) is 11.0 Å². The fraction of sp³-hybridized carbons (Fsp3) is 0. The van der Waals surface area contributed by atoms with Crippen LogP contribution in [-0.4, -0.2) is 20.2 Å². The molecule has 7 nitrogen and oxygen atoms in total. The van der Waals surface area contributed by atoms with Crippen molar-refractivity contribution < 1.29 is 0 Å². The molecule has 2 aromatic heterocycles. The molecule has 0 fully saturated rings. The largest absolute Gasteiger partial charge is 0.380 e. The molecule has 2 heterocycles. The first-order chi connectivity index (χ1) is 5.68. The Balaban J connectivity index is 2.93. The van der Waals surface area contributed by atoms with Gasteiger partial charge in [0.15, 0.2) is 17.6 Å². The number of nitrogens with two attached hydrogens (primary N) is 3. The second kappa shape index (κ2) is 1.97. The van der Waals surface area contributed by atoms with Crippen molar-refractivity contribution in [1.82, 2.24) is 20.2 Å². The number of anilines is 3. The molecule has 0 aliphatic carbocycles. The molecule has 0 amide bonds. The van der Waals surface area contributed by atoms with Gasteiger partial charge in [-0.3, -0.25) is 0 Å². The molecule has 0 bridgehead atoms. The zero-order valence-electron chi connectivity index (χ0n) is 6.07. The Morgan fingerprint density at radius 1 is 1.00 bits per heavy atom. The smallest absolute Gasteiger partial charge is 0.198 e. The number of hydrogen-bond donors (Lipinski definition) is 4. The van der Waals surface area contributed by atoms with Gasteiger partial charge in [-0.2, -0.15) is 0 Å². The Kier molecular flexibility index (Phi) is 1.09. The summed E-state index contributed by atoms with van der Waals surface area (Å²) in [6.45, 7) is 0. The standard InChI is InChI=1S/C5H7N7/c6-3-1-2(4(7)12-11-3)10-5(8)9-1/h(H2,6,11)(H2,7,12)(H3,8,9,10). The van der Waals surface area contributed by atoms with Gasteiger partial charge >= 0.3 is 0 Å². The summed E-state index contributed by atoms with van der Waals surface area (Å²) >= 11 is 0. The third-order valence-electron chi connectivity index (χ3n) is 1.49. The SMILES string of the molecule is Nc1nc2c(N)nnc(N)c2[nH]1. The summed E-state index contributed by atoms with van der Waals surface area (Å²) in [5, 5.41) is 7.18. The Hall–Kier alpha value is -2.05. The molecule has 0 saturated carbocycles. The van der Waals surface area contributed by atoms with E-state index in [1.54, 1.807) is 0 Å². The highest BCUT2D eigenvalue weighted by Gasteiger charge is 2.08. The minimum atomic E-state index is 0.215. The normalized spacial score (nSPS) is 10.7. The molecule has 2 rings (SSSR count). The number of nitrogens with one attached hydrogen (secondary N) is 1. The highest BCUT2D eigenvalue weighted by Crippen LogP contribution is 2.19. The molecule has 7 heteroatoms. The maximum Gasteiger partial charge on any atom is 0.198 e. The highest BCUT2D eigenvalue weighted by atomic mass is 15.2. The first kappa shape index (κ1) is 6.65. The number of imidazole rings is 1. The Morgan fingerprint density at radius 3 is 2.33 bits per heavy atom. The van der Waals surface area contributed by atoms with E-state index in [2.05, 4.69) is 20.2 Å². The third-order valence-corrected chi connectivity index (χ3v) is 1.49. The molecule has 0 radical (unpaired) electrons. The summed E-state index contributed by atoms with van der Waals surface area (Å²) in [4.78, 5) is 6.61. The molecular formula is C5H7N7. The number of nitrogens with zero attached hydrogens (tertiary/aromatic N) is 3. The van der Waals surface area contributed by atoms with Crippen LogP contribution in [-0.2, 0) is 0 Å². The van der Waals surface area contributed by atoms with Gasteiger partial charge < -0.3 is 22.2 Å². The monoisotopic (exact) mass is 165 g/mol. The molecule has 0 atom stereocenters. The second-order valence-corrected chi connectivity index (χ2v) is 2.32. The van der Waals surface area contributed by atoms with Crippen LogP contribution in [0.4, 0.5) is 17.6 Å². The van der Waals surface area contributed by atoms with Gasteiger partial charge in [-0.1, -0.05) is 0 Å². The predicted octanol–water partition coefficient (Wildman–Crippen LogP) is -0.901. The summed E-state index contributed by atoms with van der Waals surface area (Å²) < 4.78 is 0. The van der Waals surface area contributed by atoms with Crippen LogP contribution in [0.25, 0.3) is 11.0 Å². The Labute approximate surface area is 67.0 Å². The number of aromatic amines is 1. The molecule has 0 aromatic carbocycles. The molecule has 0 aliphatic heterocycles. The fourth-order valence-electron chi connectivity index (χ4n) is 0.967. The minimum absolute atomic E-state index is 0.215. The number of aromatic nitrogens is 4. The van der Waals surface area contributed by atoms with Crippen molar-refractivity contribution in [3.63, 3.8) is 0 Å². The van der Waals surface area contributed by atoms with Gasteiger partial charge in [0, 0.05) is 0 Å². The Bertz CT molecular complexity index is 392. The van der Waals surface area contributed by atoms with Crippen molar-refractivity contribution in [2.45, 2.75) is 0 Å². The molecule has 7 N–H and O–H groups in total. The van der Waals surface area contributed by atoms with Crippen molar-refractivity contribution in [3.8, 4) is 0 Å². The van der Waals surface area contributed by atoms with E-state index in [4.69, 9.17) is 17.2 Å². The predicted molar refractivity (Wildman–Crippen MR) is 44.9 cm³/mol. The third kappa shape index (κ3) is 0.729. The molecule has 0 unspecified atom stereocenters. The molecule has 62 valence electrons. The molecule has 0 aliphatic rings. The van der Waals surface area contributed by atoms with Crippen molar-refractivity contribution in [2.24, 2.45) is 0 Å². The number of H-pyrrole nitrogens is 1. The van der Waals surface area contributed by atoms with Crippen LogP contribution in [0.2, 0.25) is 0 Å². The van der Waals surface area contributed by atoms with Crippen LogP contribution in [0, 0.1) is 0 Å². The van der Waals surface area contributed by atoms with Crippen molar-refractivity contribution in [2.75, 3.05) is 17.2 Å². The summed E-state index contributed by atoms with van der Waals surface area (Å²) in [5.74, 6) is 0.703. The van der Waals surface area contributed by atoms with E-state index >= 15 is 0 Å². The van der Waals surface area contributed by atoms with Crippen LogP contribution >= 0.6 is 0 Å². The molecule has 0 spiro atoms. The first-order valence-corrected chi connectivity index (χ1v) is 3.21. The van der Waals surface area contributed by atoms with Crippen molar-refractivity contribution in [3.05, 3.63) is 0 Å². The Morgan fingerprint density at radius 2 is 1.67 bits per heavy atom. The quantitative estimate of drug-likeness (QED) is 0.399. The van der Waals surface area contributed by atoms with Gasteiger partial charge in [0.25, 0.3) is 0 Å². The summed E-state index contributed by atoms with van der Waals surface area (Å²) in [6.07, 6.45) is 0. The van der Waals surface area contributed by atoms with Crippen molar-refractivity contribution in [1.29, 1.82) is 0 Å². The maximum absolute atomic E-state index is 5.48. The average molecular weight is 165 g/mol.